The number of esters is 1. The lowest BCUT2D eigenvalue weighted by Crippen LogP contribution is -2.28. The maximum absolute atomic E-state index is 12.8. The van der Waals surface area contributed by atoms with Gasteiger partial charge >= 0.3 is 5.97 Å². The first-order valence-corrected chi connectivity index (χ1v) is 9.77. The quantitative estimate of drug-likeness (QED) is 0.377. The zero-order chi connectivity index (χ0) is 22.1. The zero-order valence-electron chi connectivity index (χ0n) is 17.4. The number of nitrogens with one attached hydrogen (secondary N) is 1. The SMILES string of the molecule is COC(=O)C1=C(C)NC(C)=C(c2cccc3ncccc23)C1c1cccc([N+](=O)[O-])c1. The molecule has 0 bridgehead atoms. The fourth-order valence-corrected chi connectivity index (χ4v) is 4.22. The summed E-state index contributed by atoms with van der Waals surface area (Å²) < 4.78 is 5.09. The fourth-order valence-electron chi connectivity index (χ4n) is 4.22. The number of non-ortho nitro benzene ring substituents is 1. The van der Waals surface area contributed by atoms with Gasteiger partial charge in [-0.25, -0.2) is 4.79 Å². The van der Waals surface area contributed by atoms with Gasteiger partial charge in [0, 0.05) is 41.0 Å². The third kappa shape index (κ3) is 3.54. The van der Waals surface area contributed by atoms with Crippen LogP contribution in [0.15, 0.2) is 77.8 Å². The number of aromatic nitrogens is 1. The van der Waals surface area contributed by atoms with Crippen molar-refractivity contribution in [3.8, 4) is 0 Å². The molecule has 1 aromatic heterocycles. The third-order valence-corrected chi connectivity index (χ3v) is 5.52. The van der Waals surface area contributed by atoms with Crippen molar-refractivity contribution in [1.29, 1.82) is 0 Å². The van der Waals surface area contributed by atoms with Crippen LogP contribution >= 0.6 is 0 Å². The molecule has 0 saturated heterocycles. The van der Waals surface area contributed by atoms with Crippen LogP contribution in [-0.2, 0) is 9.53 Å². The molecular formula is C24H21N3O4. The minimum Gasteiger partial charge on any atom is -0.466 e. The van der Waals surface area contributed by atoms with Crippen molar-refractivity contribution in [2.24, 2.45) is 0 Å². The maximum Gasteiger partial charge on any atom is 0.336 e. The van der Waals surface area contributed by atoms with E-state index >= 15 is 0 Å². The Kier molecular flexibility index (Phi) is 5.25. The van der Waals surface area contributed by atoms with Crippen molar-refractivity contribution >= 4 is 28.1 Å². The van der Waals surface area contributed by atoms with Gasteiger partial charge in [0.15, 0.2) is 0 Å². The minimum atomic E-state index is -0.542. The Morgan fingerprint density at radius 1 is 1.10 bits per heavy atom. The van der Waals surface area contributed by atoms with Gasteiger partial charge < -0.3 is 10.1 Å². The topological polar surface area (TPSA) is 94.4 Å². The molecule has 0 fully saturated rings. The van der Waals surface area contributed by atoms with Crippen LogP contribution in [0.2, 0.25) is 0 Å². The molecule has 4 rings (SSSR count). The monoisotopic (exact) mass is 415 g/mol. The summed E-state index contributed by atoms with van der Waals surface area (Å²) in [4.78, 5) is 28.3. The number of hydrogen-bond donors (Lipinski definition) is 1. The van der Waals surface area contributed by atoms with E-state index in [4.69, 9.17) is 4.74 Å². The highest BCUT2D eigenvalue weighted by Crippen LogP contribution is 2.45. The van der Waals surface area contributed by atoms with Crippen molar-refractivity contribution in [3.63, 3.8) is 0 Å². The van der Waals surface area contributed by atoms with Gasteiger partial charge in [0.2, 0.25) is 0 Å². The van der Waals surface area contributed by atoms with Crippen LogP contribution in [0.25, 0.3) is 16.5 Å². The van der Waals surface area contributed by atoms with Crippen LogP contribution in [0.1, 0.15) is 30.9 Å². The number of nitro benzene ring substituents is 1. The predicted octanol–water partition coefficient (Wildman–Crippen LogP) is 4.71. The molecule has 1 N–H and O–H groups in total. The van der Waals surface area contributed by atoms with Crippen molar-refractivity contribution in [3.05, 3.63) is 99.0 Å². The summed E-state index contributed by atoms with van der Waals surface area (Å²) in [6.45, 7) is 3.74. The number of nitro groups is 1. The smallest absolute Gasteiger partial charge is 0.336 e. The van der Waals surface area contributed by atoms with Gasteiger partial charge in [-0.3, -0.25) is 15.1 Å². The highest BCUT2D eigenvalue weighted by atomic mass is 16.6. The Morgan fingerprint density at radius 2 is 1.87 bits per heavy atom. The largest absolute Gasteiger partial charge is 0.466 e. The number of fused-ring (bicyclic) bond motifs is 1. The van der Waals surface area contributed by atoms with Crippen LogP contribution in [0.4, 0.5) is 5.69 Å². The number of carbonyl (C=O) groups excluding carboxylic acids is 1. The number of nitrogens with zero attached hydrogens (tertiary/aromatic N) is 2. The van der Waals surface area contributed by atoms with E-state index < -0.39 is 16.8 Å². The molecule has 0 radical (unpaired) electrons. The second kappa shape index (κ2) is 8.02. The van der Waals surface area contributed by atoms with E-state index in [1.807, 2.05) is 44.2 Å². The van der Waals surface area contributed by atoms with Gasteiger partial charge in [-0.05, 0) is 42.7 Å². The van der Waals surface area contributed by atoms with Gasteiger partial charge in [-0.1, -0.05) is 30.3 Å². The molecule has 31 heavy (non-hydrogen) atoms. The van der Waals surface area contributed by atoms with Gasteiger partial charge in [-0.2, -0.15) is 0 Å². The summed E-state index contributed by atoms with van der Waals surface area (Å²) in [5.74, 6) is -1.02. The van der Waals surface area contributed by atoms with Crippen molar-refractivity contribution in [1.82, 2.24) is 10.3 Å². The van der Waals surface area contributed by atoms with E-state index in [0.29, 0.717) is 16.8 Å². The van der Waals surface area contributed by atoms with E-state index in [-0.39, 0.29) is 5.69 Å². The van der Waals surface area contributed by atoms with Crippen LogP contribution in [0, 0.1) is 10.1 Å². The predicted molar refractivity (Wildman–Crippen MR) is 118 cm³/mol. The van der Waals surface area contributed by atoms with Crippen LogP contribution in [-0.4, -0.2) is 23.0 Å². The summed E-state index contributed by atoms with van der Waals surface area (Å²) in [7, 11) is 1.33. The normalized spacial score (nSPS) is 16.3. The fraction of sp³-hybridized carbons (Fsp3) is 0.167. The van der Waals surface area contributed by atoms with E-state index in [9.17, 15) is 14.9 Å². The van der Waals surface area contributed by atoms with Crippen LogP contribution in [0.5, 0.6) is 0 Å². The summed E-state index contributed by atoms with van der Waals surface area (Å²) in [6.07, 6.45) is 1.73. The molecular weight excluding hydrogens is 394 g/mol. The van der Waals surface area contributed by atoms with Gasteiger partial charge in [0.25, 0.3) is 5.69 Å². The number of pyridine rings is 1. The Hall–Kier alpha value is -4.00. The molecule has 0 spiro atoms. The molecule has 7 heteroatoms. The average molecular weight is 415 g/mol. The van der Waals surface area contributed by atoms with E-state index in [0.717, 1.165) is 27.7 Å². The van der Waals surface area contributed by atoms with Crippen molar-refractivity contribution < 1.29 is 14.5 Å². The standard InChI is InChI=1S/C24H21N3O4/c1-14-21(19-9-5-11-20-18(19)10-6-12-25-20)23(22(15(2)26-14)24(28)31-3)16-7-4-8-17(13-16)27(29)30/h4-13,23,26H,1-3H3. The lowest BCUT2D eigenvalue weighted by molar-refractivity contribution is -0.384. The molecule has 0 aliphatic carbocycles. The number of allylic oxidation sites excluding steroid dienone is 3. The molecule has 0 amide bonds. The van der Waals surface area contributed by atoms with Gasteiger partial charge in [-0.15, -0.1) is 0 Å². The number of carbonyl (C=O) groups is 1. The number of dihydropyridines is 1. The maximum atomic E-state index is 12.8. The van der Waals surface area contributed by atoms with Crippen molar-refractivity contribution in [2.45, 2.75) is 19.8 Å². The molecule has 0 saturated carbocycles. The Balaban J connectivity index is 2.02. The second-order valence-corrected chi connectivity index (χ2v) is 7.35. The van der Waals surface area contributed by atoms with E-state index in [2.05, 4.69) is 10.3 Å². The first kappa shape index (κ1) is 20.3. The molecule has 156 valence electrons. The van der Waals surface area contributed by atoms with Crippen LogP contribution < -0.4 is 5.32 Å². The van der Waals surface area contributed by atoms with E-state index in [1.54, 1.807) is 18.3 Å². The Morgan fingerprint density at radius 3 is 2.61 bits per heavy atom. The molecule has 1 aliphatic rings. The van der Waals surface area contributed by atoms with Crippen molar-refractivity contribution in [2.75, 3.05) is 7.11 Å². The molecule has 3 aromatic rings. The first-order chi connectivity index (χ1) is 14.9. The summed E-state index contributed by atoms with van der Waals surface area (Å²) in [6, 6.07) is 16.1. The van der Waals surface area contributed by atoms with Gasteiger partial charge in [0.05, 0.1) is 23.1 Å². The van der Waals surface area contributed by atoms with Gasteiger partial charge in [0.1, 0.15) is 0 Å². The number of benzene rings is 2. The van der Waals surface area contributed by atoms with Crippen LogP contribution in [0.3, 0.4) is 0 Å². The Labute approximate surface area is 179 Å². The lowest BCUT2D eigenvalue weighted by atomic mass is 9.77. The molecule has 2 heterocycles. The minimum absolute atomic E-state index is 0.0329. The molecule has 7 nitrogen and oxygen atoms in total. The Bertz CT molecular complexity index is 1270. The second-order valence-electron chi connectivity index (χ2n) is 7.35. The average Bonchev–Trinajstić information content (AvgIpc) is 2.78. The summed E-state index contributed by atoms with van der Waals surface area (Å²) >= 11 is 0. The molecule has 1 unspecified atom stereocenters. The number of hydrogen-bond acceptors (Lipinski definition) is 6. The highest BCUT2D eigenvalue weighted by Gasteiger charge is 2.35. The molecule has 1 atom stereocenters. The number of ether oxygens (including phenoxy) is 1. The third-order valence-electron chi connectivity index (χ3n) is 5.52. The lowest BCUT2D eigenvalue weighted by Gasteiger charge is -2.32. The van der Waals surface area contributed by atoms with E-state index in [1.165, 1.54) is 19.2 Å². The highest BCUT2D eigenvalue weighted by molar-refractivity contribution is 6.01. The summed E-state index contributed by atoms with van der Waals surface area (Å²) in [5, 5.41) is 15.7. The number of methoxy groups -OCH3 is 1. The zero-order valence-corrected chi connectivity index (χ0v) is 17.4. The molecule has 2 aromatic carbocycles. The number of rotatable bonds is 4. The summed E-state index contributed by atoms with van der Waals surface area (Å²) in [5.41, 5.74) is 5.13. The molecule has 1 aliphatic heterocycles. The first-order valence-electron chi connectivity index (χ1n) is 9.77.